The van der Waals surface area contributed by atoms with Crippen LogP contribution in [0.1, 0.15) is 17.3 Å². The topological polar surface area (TPSA) is 111 Å². The average Bonchev–Trinajstić information content (AvgIpc) is 2.86. The lowest BCUT2D eigenvalue weighted by Crippen LogP contribution is -2.79. The Morgan fingerprint density at radius 3 is 2.38 bits per heavy atom. The Morgan fingerprint density at radius 2 is 1.74 bits per heavy atom. The first-order valence-corrected chi connectivity index (χ1v) is 11.7. The van der Waals surface area contributed by atoms with Gasteiger partial charge in [0.1, 0.15) is 22.8 Å². The molecule has 0 radical (unpaired) electrons. The molecule has 4 rings (SSSR count). The van der Waals surface area contributed by atoms with E-state index in [2.05, 4.69) is 5.32 Å². The first-order valence-electron chi connectivity index (χ1n) is 10.6. The number of thioether (sulfide) groups is 1. The van der Waals surface area contributed by atoms with Crippen LogP contribution in [0, 0.1) is 0 Å². The fraction of sp³-hybridized carbons (Fsp3) is 0.333. The number of nitrogens with zero attached hydrogens (tertiary/aromatic N) is 1. The van der Waals surface area contributed by atoms with E-state index < -0.39 is 46.8 Å². The largest absolute Gasteiger partial charge is 0.484 e. The number of methoxy groups -OCH3 is 1. The highest BCUT2D eigenvalue weighted by molar-refractivity contribution is 8.00. The molecule has 2 aromatic carbocycles. The Hall–Kier alpha value is -3.53. The summed E-state index contributed by atoms with van der Waals surface area (Å²) >= 11 is 1.32. The molecule has 178 valence electrons. The summed E-state index contributed by atoms with van der Waals surface area (Å²) in [4.78, 5) is 52.1. The molecule has 4 atom stereocenters. The summed E-state index contributed by atoms with van der Waals surface area (Å²) in [7, 11) is 1.21. The van der Waals surface area contributed by atoms with Crippen LogP contribution in [0.25, 0.3) is 0 Å². The lowest BCUT2D eigenvalue weighted by Gasteiger charge is -2.56. The monoisotopic (exact) mass is 484 g/mol. The van der Waals surface area contributed by atoms with Crippen LogP contribution in [0.5, 0.6) is 5.75 Å². The van der Waals surface area contributed by atoms with Crippen LogP contribution in [0.2, 0.25) is 0 Å². The number of ether oxygens (including phenoxy) is 3. The van der Waals surface area contributed by atoms with Crippen LogP contribution in [0.4, 0.5) is 0 Å². The molecule has 0 aromatic heterocycles. The van der Waals surface area contributed by atoms with Gasteiger partial charge in [0.05, 0.1) is 12.7 Å². The summed E-state index contributed by atoms with van der Waals surface area (Å²) < 4.78 is 16.1. The summed E-state index contributed by atoms with van der Waals surface area (Å²) in [6.07, 6.45) is 0. The van der Waals surface area contributed by atoms with Gasteiger partial charge in [0.15, 0.2) is 12.6 Å². The van der Waals surface area contributed by atoms with Gasteiger partial charge in [0.25, 0.3) is 5.91 Å². The van der Waals surface area contributed by atoms with E-state index >= 15 is 0 Å². The minimum absolute atomic E-state index is 0.229. The SMILES string of the molecule is COC(=O)C1N2C(=O)C(NC(=O)COc3ccccc3)[C@@H]2SC[C@@]1(C)OC(=O)c1ccccc1. The highest BCUT2D eigenvalue weighted by Gasteiger charge is 2.63. The number of carbonyl (C=O) groups is 4. The quantitative estimate of drug-likeness (QED) is 0.466. The standard InChI is InChI=1S/C24H24N2O7S/c1-24(33-22(29)15-9-5-3-6-10-15)14-34-21-18(20(28)26(21)19(24)23(30)31-2)25-17(27)13-32-16-11-7-4-8-12-16/h3-12,18-19,21H,13-14H2,1-2H3,(H,25,27)/t18?,19?,21-,24+/m0/s1. The molecule has 2 aromatic rings. The number of amides is 2. The van der Waals surface area contributed by atoms with Gasteiger partial charge in [-0.15, -0.1) is 11.8 Å². The summed E-state index contributed by atoms with van der Waals surface area (Å²) in [5.74, 6) is -1.45. The van der Waals surface area contributed by atoms with E-state index in [-0.39, 0.29) is 12.4 Å². The van der Waals surface area contributed by atoms with Gasteiger partial charge in [-0.2, -0.15) is 0 Å². The third kappa shape index (κ3) is 4.58. The number of rotatable bonds is 7. The average molecular weight is 485 g/mol. The Bertz CT molecular complexity index is 1080. The number of fused-ring (bicyclic) bond motifs is 1. The van der Waals surface area contributed by atoms with Gasteiger partial charge in [-0.25, -0.2) is 9.59 Å². The number of hydrogen-bond donors (Lipinski definition) is 1. The van der Waals surface area contributed by atoms with Crippen molar-refractivity contribution in [2.45, 2.75) is 30.0 Å². The van der Waals surface area contributed by atoms with Gasteiger partial charge in [0.2, 0.25) is 5.91 Å². The number of nitrogens with one attached hydrogen (secondary N) is 1. The maximum absolute atomic E-state index is 13.0. The minimum atomic E-state index is -1.32. The summed E-state index contributed by atoms with van der Waals surface area (Å²) in [6, 6.07) is 15.3. The van der Waals surface area contributed by atoms with Gasteiger partial charge in [0, 0.05) is 5.75 Å². The van der Waals surface area contributed by atoms with Gasteiger partial charge in [-0.05, 0) is 31.2 Å². The molecular weight excluding hydrogens is 460 g/mol. The van der Waals surface area contributed by atoms with Gasteiger partial charge in [-0.3, -0.25) is 9.59 Å². The summed E-state index contributed by atoms with van der Waals surface area (Å²) in [6.45, 7) is 1.35. The van der Waals surface area contributed by atoms with Crippen molar-refractivity contribution < 1.29 is 33.4 Å². The zero-order valence-corrected chi connectivity index (χ0v) is 19.4. The second kappa shape index (κ2) is 9.76. The van der Waals surface area contributed by atoms with Crippen LogP contribution < -0.4 is 10.1 Å². The molecule has 0 aliphatic carbocycles. The zero-order valence-electron chi connectivity index (χ0n) is 18.6. The predicted octanol–water partition coefficient (Wildman–Crippen LogP) is 1.62. The van der Waals surface area contributed by atoms with E-state index in [1.54, 1.807) is 61.5 Å². The van der Waals surface area contributed by atoms with Crippen LogP contribution in [-0.2, 0) is 23.9 Å². The van der Waals surface area contributed by atoms with Crippen molar-refractivity contribution in [3.05, 3.63) is 66.2 Å². The van der Waals surface area contributed by atoms with E-state index in [9.17, 15) is 19.2 Å². The molecule has 2 heterocycles. The molecule has 2 aliphatic heterocycles. The van der Waals surface area contributed by atoms with E-state index in [0.29, 0.717) is 11.3 Å². The summed E-state index contributed by atoms with van der Waals surface area (Å²) in [5.41, 5.74) is -0.986. The van der Waals surface area contributed by atoms with Crippen molar-refractivity contribution in [1.29, 1.82) is 0 Å². The fourth-order valence-corrected chi connectivity index (χ4v) is 5.46. The van der Waals surface area contributed by atoms with Crippen LogP contribution >= 0.6 is 11.8 Å². The second-order valence-corrected chi connectivity index (χ2v) is 9.19. The van der Waals surface area contributed by atoms with Crippen molar-refractivity contribution >= 4 is 35.5 Å². The highest BCUT2D eigenvalue weighted by Crippen LogP contribution is 2.44. The number of benzene rings is 2. The molecular formula is C24H24N2O7S. The first-order chi connectivity index (χ1) is 16.3. The molecule has 10 heteroatoms. The number of para-hydroxylation sites is 1. The zero-order chi connectivity index (χ0) is 24.3. The Labute approximate surface area is 200 Å². The molecule has 2 unspecified atom stereocenters. The lowest BCUT2D eigenvalue weighted by molar-refractivity contribution is -0.176. The molecule has 9 nitrogen and oxygen atoms in total. The molecule has 0 spiro atoms. The molecule has 2 fully saturated rings. The molecule has 2 saturated heterocycles. The van der Waals surface area contributed by atoms with Crippen LogP contribution in [-0.4, -0.2) is 71.2 Å². The summed E-state index contributed by atoms with van der Waals surface area (Å²) in [5, 5.41) is 2.17. The Balaban J connectivity index is 1.44. The minimum Gasteiger partial charge on any atom is -0.484 e. The molecule has 0 bridgehead atoms. The lowest BCUT2D eigenvalue weighted by atomic mass is 9.90. The first kappa shape index (κ1) is 23.6. The molecule has 2 aliphatic rings. The number of β-lactam (4-membered cyclic amide) rings is 1. The third-order valence-corrected chi connectivity index (χ3v) is 7.25. The second-order valence-electron chi connectivity index (χ2n) is 8.09. The smallest absolute Gasteiger partial charge is 0.338 e. The maximum atomic E-state index is 13.0. The van der Waals surface area contributed by atoms with Crippen molar-refractivity contribution in [3.8, 4) is 5.75 Å². The van der Waals surface area contributed by atoms with Crippen molar-refractivity contribution in [3.63, 3.8) is 0 Å². The van der Waals surface area contributed by atoms with Gasteiger partial charge < -0.3 is 24.4 Å². The highest BCUT2D eigenvalue weighted by atomic mass is 32.2. The predicted molar refractivity (Wildman–Crippen MR) is 123 cm³/mol. The fourth-order valence-electron chi connectivity index (χ4n) is 3.98. The van der Waals surface area contributed by atoms with E-state index in [1.165, 1.54) is 23.8 Å². The molecule has 0 saturated carbocycles. The molecule has 34 heavy (non-hydrogen) atoms. The van der Waals surface area contributed by atoms with E-state index in [4.69, 9.17) is 14.2 Å². The Morgan fingerprint density at radius 1 is 1.09 bits per heavy atom. The maximum Gasteiger partial charge on any atom is 0.338 e. The van der Waals surface area contributed by atoms with Crippen LogP contribution in [0.15, 0.2) is 60.7 Å². The Kier molecular flexibility index (Phi) is 6.78. The van der Waals surface area contributed by atoms with E-state index in [1.807, 2.05) is 6.07 Å². The van der Waals surface area contributed by atoms with Crippen molar-refractivity contribution in [1.82, 2.24) is 10.2 Å². The normalized spacial score (nSPS) is 25.4. The molecule has 1 N–H and O–H groups in total. The van der Waals surface area contributed by atoms with Crippen molar-refractivity contribution in [2.24, 2.45) is 0 Å². The van der Waals surface area contributed by atoms with Gasteiger partial charge >= 0.3 is 11.9 Å². The number of hydrogen-bond acceptors (Lipinski definition) is 8. The van der Waals surface area contributed by atoms with E-state index in [0.717, 1.165) is 0 Å². The molecule has 2 amide bonds. The van der Waals surface area contributed by atoms with Crippen molar-refractivity contribution in [2.75, 3.05) is 19.5 Å². The van der Waals surface area contributed by atoms with Crippen LogP contribution in [0.3, 0.4) is 0 Å². The van der Waals surface area contributed by atoms with Gasteiger partial charge in [-0.1, -0.05) is 36.4 Å². The number of esters is 2. The third-order valence-electron chi connectivity index (χ3n) is 5.67. The number of carbonyl (C=O) groups excluding carboxylic acids is 4.